The van der Waals surface area contributed by atoms with E-state index < -0.39 is 0 Å². The molecule has 21 heavy (non-hydrogen) atoms. The SMILES string of the molecule is Cc1cccnc1NC(=O)CCc1nc2ccccc2s1. The van der Waals surface area contributed by atoms with Gasteiger partial charge in [-0.15, -0.1) is 11.3 Å². The summed E-state index contributed by atoms with van der Waals surface area (Å²) in [5.41, 5.74) is 1.96. The first-order valence-electron chi connectivity index (χ1n) is 6.78. The van der Waals surface area contributed by atoms with E-state index in [1.165, 1.54) is 0 Å². The zero-order valence-electron chi connectivity index (χ0n) is 11.7. The first kappa shape index (κ1) is 13.7. The molecule has 0 radical (unpaired) electrons. The average Bonchev–Trinajstić information content (AvgIpc) is 2.90. The quantitative estimate of drug-likeness (QED) is 0.801. The Balaban J connectivity index is 1.62. The summed E-state index contributed by atoms with van der Waals surface area (Å²) in [5.74, 6) is 0.600. The third-order valence-electron chi connectivity index (χ3n) is 3.17. The number of nitrogens with one attached hydrogen (secondary N) is 1. The van der Waals surface area contributed by atoms with Gasteiger partial charge in [0.2, 0.25) is 5.91 Å². The second kappa shape index (κ2) is 6.01. The third kappa shape index (κ3) is 3.25. The highest BCUT2D eigenvalue weighted by Gasteiger charge is 2.08. The lowest BCUT2D eigenvalue weighted by atomic mass is 10.2. The fraction of sp³-hybridized carbons (Fsp3) is 0.188. The summed E-state index contributed by atoms with van der Waals surface area (Å²) in [7, 11) is 0. The third-order valence-corrected chi connectivity index (χ3v) is 4.27. The highest BCUT2D eigenvalue weighted by molar-refractivity contribution is 7.18. The van der Waals surface area contributed by atoms with E-state index in [0.29, 0.717) is 18.7 Å². The Bertz CT molecular complexity index is 749. The Morgan fingerprint density at radius 2 is 2.10 bits per heavy atom. The zero-order valence-corrected chi connectivity index (χ0v) is 12.5. The van der Waals surface area contributed by atoms with Crippen LogP contribution in [0.5, 0.6) is 0 Å². The molecule has 1 amide bonds. The number of carbonyl (C=O) groups is 1. The molecule has 0 unspecified atom stereocenters. The minimum atomic E-state index is -0.0314. The minimum absolute atomic E-state index is 0.0314. The smallest absolute Gasteiger partial charge is 0.225 e. The number of thiazole rings is 1. The molecule has 1 aromatic carbocycles. The molecule has 0 aliphatic rings. The number of benzene rings is 1. The fourth-order valence-electron chi connectivity index (χ4n) is 2.06. The van der Waals surface area contributed by atoms with Crippen LogP contribution < -0.4 is 5.32 Å². The van der Waals surface area contributed by atoms with Gasteiger partial charge in [0.25, 0.3) is 0 Å². The van der Waals surface area contributed by atoms with E-state index in [9.17, 15) is 4.79 Å². The van der Waals surface area contributed by atoms with Crippen LogP contribution in [0.25, 0.3) is 10.2 Å². The topological polar surface area (TPSA) is 54.9 Å². The zero-order chi connectivity index (χ0) is 14.7. The monoisotopic (exact) mass is 297 g/mol. The van der Waals surface area contributed by atoms with Gasteiger partial charge in [0.05, 0.1) is 15.2 Å². The van der Waals surface area contributed by atoms with Gasteiger partial charge in [0.15, 0.2) is 0 Å². The number of fused-ring (bicyclic) bond motifs is 1. The van der Waals surface area contributed by atoms with Gasteiger partial charge in [-0.2, -0.15) is 0 Å². The van der Waals surface area contributed by atoms with E-state index in [4.69, 9.17) is 0 Å². The number of hydrogen-bond donors (Lipinski definition) is 1. The van der Waals surface area contributed by atoms with Crippen LogP contribution in [-0.4, -0.2) is 15.9 Å². The van der Waals surface area contributed by atoms with Crippen LogP contribution >= 0.6 is 11.3 Å². The van der Waals surface area contributed by atoms with Gasteiger partial charge in [-0.3, -0.25) is 4.79 Å². The molecule has 106 valence electrons. The van der Waals surface area contributed by atoms with E-state index in [2.05, 4.69) is 15.3 Å². The van der Waals surface area contributed by atoms with E-state index in [1.807, 2.05) is 43.3 Å². The van der Waals surface area contributed by atoms with Crippen LogP contribution in [-0.2, 0) is 11.2 Å². The van der Waals surface area contributed by atoms with Gasteiger partial charge >= 0.3 is 0 Å². The number of anilines is 1. The summed E-state index contributed by atoms with van der Waals surface area (Å²) < 4.78 is 1.16. The predicted molar refractivity (Wildman–Crippen MR) is 85.5 cm³/mol. The van der Waals surface area contributed by atoms with Crippen molar-refractivity contribution >= 4 is 33.3 Å². The van der Waals surface area contributed by atoms with Crippen molar-refractivity contribution in [3.8, 4) is 0 Å². The van der Waals surface area contributed by atoms with Crippen LogP contribution in [0.2, 0.25) is 0 Å². The molecule has 0 fully saturated rings. The number of nitrogens with zero attached hydrogens (tertiary/aromatic N) is 2. The molecule has 3 aromatic rings. The number of carbonyl (C=O) groups excluding carboxylic acids is 1. The summed E-state index contributed by atoms with van der Waals surface area (Å²) in [6.07, 6.45) is 2.74. The van der Waals surface area contributed by atoms with E-state index >= 15 is 0 Å². The first-order chi connectivity index (χ1) is 10.2. The molecular formula is C16H15N3OS. The van der Waals surface area contributed by atoms with E-state index in [-0.39, 0.29) is 5.91 Å². The lowest BCUT2D eigenvalue weighted by molar-refractivity contribution is -0.116. The molecule has 2 heterocycles. The normalized spacial score (nSPS) is 10.7. The van der Waals surface area contributed by atoms with Crippen molar-refractivity contribution in [2.45, 2.75) is 19.8 Å². The summed E-state index contributed by atoms with van der Waals surface area (Å²) in [4.78, 5) is 20.7. The highest BCUT2D eigenvalue weighted by atomic mass is 32.1. The maximum absolute atomic E-state index is 12.0. The van der Waals surface area contributed by atoms with Crippen molar-refractivity contribution in [2.24, 2.45) is 0 Å². The highest BCUT2D eigenvalue weighted by Crippen LogP contribution is 2.22. The van der Waals surface area contributed by atoms with Crippen LogP contribution in [0, 0.1) is 6.92 Å². The molecule has 0 saturated heterocycles. The molecule has 5 heteroatoms. The Morgan fingerprint density at radius 3 is 2.90 bits per heavy atom. The first-order valence-corrected chi connectivity index (χ1v) is 7.60. The molecule has 0 bridgehead atoms. The van der Waals surface area contributed by atoms with Crippen molar-refractivity contribution in [3.05, 3.63) is 53.2 Å². The van der Waals surface area contributed by atoms with Crippen molar-refractivity contribution in [1.82, 2.24) is 9.97 Å². The number of amides is 1. The van der Waals surface area contributed by atoms with Crippen molar-refractivity contribution < 1.29 is 4.79 Å². The van der Waals surface area contributed by atoms with Crippen molar-refractivity contribution in [1.29, 1.82) is 0 Å². The molecule has 4 nitrogen and oxygen atoms in total. The number of para-hydroxylation sites is 1. The van der Waals surface area contributed by atoms with E-state index in [1.54, 1.807) is 17.5 Å². The second-order valence-corrected chi connectivity index (χ2v) is 5.91. The molecule has 1 N–H and O–H groups in total. The summed E-state index contributed by atoms with van der Waals surface area (Å²) in [6.45, 7) is 1.93. The lowest BCUT2D eigenvalue weighted by Gasteiger charge is -2.05. The molecule has 0 saturated carbocycles. The molecular weight excluding hydrogens is 282 g/mol. The van der Waals surface area contributed by atoms with Crippen molar-refractivity contribution in [3.63, 3.8) is 0 Å². The summed E-state index contributed by atoms with van der Waals surface area (Å²) >= 11 is 1.64. The second-order valence-electron chi connectivity index (χ2n) is 4.79. The molecule has 2 aromatic heterocycles. The van der Waals surface area contributed by atoms with Crippen LogP contribution in [0.3, 0.4) is 0 Å². The number of rotatable bonds is 4. The maximum Gasteiger partial charge on any atom is 0.225 e. The Hall–Kier alpha value is -2.27. The lowest BCUT2D eigenvalue weighted by Crippen LogP contribution is -2.14. The van der Waals surface area contributed by atoms with Gasteiger partial charge < -0.3 is 5.32 Å². The van der Waals surface area contributed by atoms with Crippen LogP contribution in [0.1, 0.15) is 17.0 Å². The number of aromatic nitrogens is 2. The van der Waals surface area contributed by atoms with Gasteiger partial charge in [-0.05, 0) is 30.7 Å². The number of aryl methyl sites for hydroxylation is 2. The Labute approximate surface area is 126 Å². The van der Waals surface area contributed by atoms with Crippen molar-refractivity contribution in [2.75, 3.05) is 5.32 Å². The number of hydrogen-bond acceptors (Lipinski definition) is 4. The molecule has 0 aliphatic carbocycles. The number of pyridine rings is 1. The summed E-state index contributed by atoms with van der Waals surface area (Å²) in [6, 6.07) is 11.8. The fourth-order valence-corrected chi connectivity index (χ4v) is 3.03. The molecule has 0 atom stereocenters. The molecule has 0 aliphatic heterocycles. The Morgan fingerprint density at radius 1 is 1.24 bits per heavy atom. The molecule has 3 rings (SSSR count). The summed E-state index contributed by atoms with van der Waals surface area (Å²) in [5, 5.41) is 3.83. The average molecular weight is 297 g/mol. The van der Waals surface area contributed by atoms with Gasteiger partial charge in [-0.25, -0.2) is 9.97 Å². The van der Waals surface area contributed by atoms with Crippen LogP contribution in [0.4, 0.5) is 5.82 Å². The Kier molecular flexibility index (Phi) is 3.92. The van der Waals surface area contributed by atoms with E-state index in [0.717, 1.165) is 20.8 Å². The largest absolute Gasteiger partial charge is 0.310 e. The molecule has 0 spiro atoms. The predicted octanol–water partition coefficient (Wildman–Crippen LogP) is 3.57. The van der Waals surface area contributed by atoms with Gasteiger partial charge in [-0.1, -0.05) is 18.2 Å². The van der Waals surface area contributed by atoms with Crippen LogP contribution in [0.15, 0.2) is 42.6 Å². The standard InChI is InChI=1S/C16H15N3OS/c1-11-5-4-10-17-16(11)19-14(20)8-9-15-18-12-6-2-3-7-13(12)21-15/h2-7,10H,8-9H2,1H3,(H,17,19,20). The van der Waals surface area contributed by atoms with Gasteiger partial charge in [0.1, 0.15) is 5.82 Å². The van der Waals surface area contributed by atoms with Gasteiger partial charge in [0, 0.05) is 19.0 Å². The minimum Gasteiger partial charge on any atom is -0.310 e. The maximum atomic E-state index is 12.0.